The molecule has 0 amide bonds. The molecule has 6 nitrogen and oxygen atoms in total. The minimum atomic E-state index is -0.464. The molecule has 1 aromatic carbocycles. The van der Waals surface area contributed by atoms with Crippen LogP contribution in [0.3, 0.4) is 0 Å². The summed E-state index contributed by atoms with van der Waals surface area (Å²) in [6.45, 7) is 1.74. The summed E-state index contributed by atoms with van der Waals surface area (Å²) >= 11 is 2.75. The van der Waals surface area contributed by atoms with Crippen molar-refractivity contribution in [3.63, 3.8) is 0 Å². The number of rotatable bonds is 5. The molecule has 1 aliphatic heterocycles. The number of ether oxygens (including phenoxy) is 2. The molecule has 132 valence electrons. The maximum absolute atomic E-state index is 13.0. The maximum Gasteiger partial charge on any atom is 0.318 e. The van der Waals surface area contributed by atoms with Crippen LogP contribution >= 0.6 is 23.5 Å². The van der Waals surface area contributed by atoms with Crippen molar-refractivity contribution in [1.82, 2.24) is 9.55 Å². The normalized spacial score (nSPS) is 14.0. The Bertz CT molecular complexity index is 849. The van der Waals surface area contributed by atoms with E-state index in [0.717, 1.165) is 17.9 Å². The molecule has 0 bridgehead atoms. The number of fused-ring (bicyclic) bond motifs is 1. The molecule has 1 aromatic heterocycles. The number of aryl methyl sites for hydroxylation is 1. The number of methoxy groups -OCH3 is 2. The number of carbonyl (C=O) groups is 1. The van der Waals surface area contributed by atoms with Crippen LogP contribution in [0.25, 0.3) is 5.69 Å². The van der Waals surface area contributed by atoms with E-state index in [4.69, 9.17) is 9.47 Å². The Morgan fingerprint density at radius 3 is 2.68 bits per heavy atom. The quantitative estimate of drug-likeness (QED) is 0.450. The molecule has 1 aliphatic rings. The molecule has 0 aliphatic carbocycles. The third kappa shape index (κ3) is 3.55. The number of thioether (sulfide) groups is 2. The predicted molar refractivity (Wildman–Crippen MR) is 98.1 cm³/mol. The molecule has 0 saturated carbocycles. The fourth-order valence-electron chi connectivity index (χ4n) is 2.50. The number of hydrogen-bond acceptors (Lipinski definition) is 7. The summed E-state index contributed by atoms with van der Waals surface area (Å²) in [4.78, 5) is 30.1. The van der Waals surface area contributed by atoms with Crippen molar-refractivity contribution in [1.29, 1.82) is 0 Å². The van der Waals surface area contributed by atoms with Gasteiger partial charge in [0.15, 0.2) is 5.16 Å². The summed E-state index contributed by atoms with van der Waals surface area (Å²) in [5.74, 6) is 1.20. The van der Waals surface area contributed by atoms with Crippen LogP contribution in [0.5, 0.6) is 5.75 Å². The number of esters is 1. The van der Waals surface area contributed by atoms with E-state index in [0.29, 0.717) is 21.5 Å². The lowest BCUT2D eigenvalue weighted by Gasteiger charge is -2.16. The van der Waals surface area contributed by atoms with E-state index in [1.807, 2.05) is 0 Å². The van der Waals surface area contributed by atoms with E-state index in [1.54, 1.807) is 42.9 Å². The standard InChI is InChI=1S/C17H18N2O4S2/c1-10(16(21)23-3)25-17-18-13-8-9-24-14(13)15(20)19(17)11-4-6-12(22-2)7-5-11/h4-7,10H,8-9H2,1-3H3/t10-/m1/s1. The van der Waals surface area contributed by atoms with E-state index in [1.165, 1.54) is 30.6 Å². The molecule has 8 heteroatoms. The average molecular weight is 378 g/mol. The lowest BCUT2D eigenvalue weighted by atomic mass is 10.3. The fraction of sp³-hybridized carbons (Fsp3) is 0.353. The molecule has 0 radical (unpaired) electrons. The van der Waals surface area contributed by atoms with E-state index < -0.39 is 5.25 Å². The Kier molecular flexibility index (Phi) is 5.39. The van der Waals surface area contributed by atoms with Gasteiger partial charge < -0.3 is 9.47 Å². The summed E-state index contributed by atoms with van der Waals surface area (Å²) in [6, 6.07) is 7.20. The van der Waals surface area contributed by atoms with Gasteiger partial charge in [0.2, 0.25) is 0 Å². The summed E-state index contributed by atoms with van der Waals surface area (Å²) in [7, 11) is 2.94. The van der Waals surface area contributed by atoms with Crippen molar-refractivity contribution in [3.05, 3.63) is 40.3 Å². The Morgan fingerprint density at radius 1 is 1.32 bits per heavy atom. The van der Waals surface area contributed by atoms with E-state index in [-0.39, 0.29) is 11.5 Å². The number of benzene rings is 1. The molecule has 0 saturated heterocycles. The highest BCUT2D eigenvalue weighted by Gasteiger charge is 2.25. The van der Waals surface area contributed by atoms with Crippen molar-refractivity contribution in [2.24, 2.45) is 0 Å². The van der Waals surface area contributed by atoms with Crippen LogP contribution in [-0.4, -0.2) is 40.7 Å². The van der Waals surface area contributed by atoms with Gasteiger partial charge in [-0.05, 0) is 31.2 Å². The van der Waals surface area contributed by atoms with E-state index >= 15 is 0 Å². The van der Waals surface area contributed by atoms with Gasteiger partial charge in [0, 0.05) is 12.2 Å². The third-order valence-electron chi connectivity index (χ3n) is 3.81. The first-order valence-electron chi connectivity index (χ1n) is 7.72. The SMILES string of the molecule is COC(=O)[C@@H](C)Sc1nc2c(c(=O)n1-c1ccc(OC)cc1)SCC2. The van der Waals surface area contributed by atoms with Crippen LogP contribution < -0.4 is 10.3 Å². The summed E-state index contributed by atoms with van der Waals surface area (Å²) < 4.78 is 11.5. The van der Waals surface area contributed by atoms with Gasteiger partial charge in [-0.3, -0.25) is 14.2 Å². The highest BCUT2D eigenvalue weighted by atomic mass is 32.2. The lowest BCUT2D eigenvalue weighted by Crippen LogP contribution is -2.25. The molecule has 2 aromatic rings. The second kappa shape index (κ2) is 7.53. The Hall–Kier alpha value is -1.93. The highest BCUT2D eigenvalue weighted by Crippen LogP contribution is 2.31. The first kappa shape index (κ1) is 17.9. The molecular formula is C17H18N2O4S2. The zero-order valence-corrected chi connectivity index (χ0v) is 15.8. The Labute approximate surface area is 153 Å². The second-order valence-electron chi connectivity index (χ2n) is 5.39. The van der Waals surface area contributed by atoms with E-state index in [2.05, 4.69) is 4.98 Å². The Morgan fingerprint density at radius 2 is 2.04 bits per heavy atom. The molecule has 25 heavy (non-hydrogen) atoms. The van der Waals surface area contributed by atoms with Crippen LogP contribution in [0.1, 0.15) is 12.6 Å². The topological polar surface area (TPSA) is 70.4 Å². The molecule has 0 unspecified atom stereocenters. The van der Waals surface area contributed by atoms with Gasteiger partial charge in [0.25, 0.3) is 5.56 Å². The fourth-order valence-corrected chi connectivity index (χ4v) is 4.50. The number of hydrogen-bond donors (Lipinski definition) is 0. The molecule has 0 N–H and O–H groups in total. The molecular weight excluding hydrogens is 360 g/mol. The summed E-state index contributed by atoms with van der Waals surface area (Å²) in [5.41, 5.74) is 1.39. The summed E-state index contributed by atoms with van der Waals surface area (Å²) in [6.07, 6.45) is 0.763. The lowest BCUT2D eigenvalue weighted by molar-refractivity contribution is -0.139. The third-order valence-corrected chi connectivity index (χ3v) is 5.95. The van der Waals surface area contributed by atoms with Crippen LogP contribution in [0.4, 0.5) is 0 Å². The van der Waals surface area contributed by atoms with Gasteiger partial charge in [-0.25, -0.2) is 4.98 Å². The van der Waals surface area contributed by atoms with Gasteiger partial charge in [-0.2, -0.15) is 0 Å². The average Bonchev–Trinajstić information content (AvgIpc) is 3.10. The predicted octanol–water partition coefficient (Wildman–Crippen LogP) is 2.54. The maximum atomic E-state index is 13.0. The molecule has 1 atom stereocenters. The van der Waals surface area contributed by atoms with Crippen LogP contribution in [0.15, 0.2) is 39.1 Å². The first-order valence-corrected chi connectivity index (χ1v) is 9.59. The van der Waals surface area contributed by atoms with Gasteiger partial charge in [0.05, 0.1) is 30.5 Å². The van der Waals surface area contributed by atoms with Crippen LogP contribution in [-0.2, 0) is 16.0 Å². The molecule has 2 heterocycles. The number of aromatic nitrogens is 2. The first-order chi connectivity index (χ1) is 12.0. The van der Waals surface area contributed by atoms with Gasteiger partial charge in [0.1, 0.15) is 11.0 Å². The van der Waals surface area contributed by atoms with Gasteiger partial charge >= 0.3 is 5.97 Å². The van der Waals surface area contributed by atoms with E-state index in [9.17, 15) is 9.59 Å². The number of carbonyl (C=O) groups excluding carboxylic acids is 1. The van der Waals surface area contributed by atoms with Gasteiger partial charge in [-0.1, -0.05) is 11.8 Å². The zero-order valence-electron chi connectivity index (χ0n) is 14.1. The largest absolute Gasteiger partial charge is 0.497 e. The van der Waals surface area contributed by atoms with Gasteiger partial charge in [-0.15, -0.1) is 11.8 Å². The van der Waals surface area contributed by atoms with Crippen molar-refractivity contribution < 1.29 is 14.3 Å². The zero-order chi connectivity index (χ0) is 18.0. The van der Waals surface area contributed by atoms with Crippen molar-refractivity contribution in [2.45, 2.75) is 28.6 Å². The smallest absolute Gasteiger partial charge is 0.318 e. The summed E-state index contributed by atoms with van der Waals surface area (Å²) in [5, 5.41) is 0.0304. The van der Waals surface area contributed by atoms with Crippen molar-refractivity contribution >= 4 is 29.5 Å². The van der Waals surface area contributed by atoms with Crippen LogP contribution in [0.2, 0.25) is 0 Å². The number of nitrogens with zero attached hydrogens (tertiary/aromatic N) is 2. The van der Waals surface area contributed by atoms with Crippen molar-refractivity contribution in [2.75, 3.05) is 20.0 Å². The Balaban J connectivity index is 2.10. The monoisotopic (exact) mass is 378 g/mol. The minimum Gasteiger partial charge on any atom is -0.497 e. The molecule has 3 rings (SSSR count). The minimum absolute atomic E-state index is 0.0998. The second-order valence-corrected chi connectivity index (χ2v) is 7.80. The van der Waals surface area contributed by atoms with Crippen LogP contribution in [0, 0.1) is 0 Å². The molecule has 0 fully saturated rings. The highest BCUT2D eigenvalue weighted by molar-refractivity contribution is 8.00. The molecule has 0 spiro atoms. The van der Waals surface area contributed by atoms with Crippen molar-refractivity contribution in [3.8, 4) is 11.4 Å².